The van der Waals surface area contributed by atoms with Crippen molar-refractivity contribution < 1.29 is 13.9 Å². The van der Waals surface area contributed by atoms with Crippen LogP contribution in [0.3, 0.4) is 0 Å². The summed E-state index contributed by atoms with van der Waals surface area (Å²) in [5, 5.41) is 3.66. The molecular weight excluding hydrogens is 459 g/mol. The molecule has 37 heavy (non-hydrogen) atoms. The summed E-state index contributed by atoms with van der Waals surface area (Å²) in [6.07, 6.45) is 20.3. The second kappa shape index (κ2) is 17.3. The SMILES string of the molecule is CCCCCCCCCCOc1ccc2c(ccc3c(F)c(OCCCCCCCCCC)ccc32)c1. The van der Waals surface area contributed by atoms with Crippen LogP contribution < -0.4 is 9.47 Å². The third-order valence-electron chi connectivity index (χ3n) is 7.41. The van der Waals surface area contributed by atoms with Crippen LogP contribution in [-0.2, 0) is 0 Å². The first-order chi connectivity index (χ1) is 18.2. The van der Waals surface area contributed by atoms with E-state index in [1.807, 2.05) is 24.3 Å². The van der Waals surface area contributed by atoms with Gasteiger partial charge in [-0.1, -0.05) is 122 Å². The minimum absolute atomic E-state index is 0.256. The first kappa shape index (κ1) is 29.3. The highest BCUT2D eigenvalue weighted by Gasteiger charge is 2.11. The molecule has 0 aliphatic heterocycles. The summed E-state index contributed by atoms with van der Waals surface area (Å²) in [6, 6.07) is 13.8. The van der Waals surface area contributed by atoms with Crippen molar-refractivity contribution in [2.75, 3.05) is 13.2 Å². The van der Waals surface area contributed by atoms with Crippen molar-refractivity contribution in [3.63, 3.8) is 0 Å². The Morgan fingerprint density at radius 2 is 1.03 bits per heavy atom. The summed E-state index contributed by atoms with van der Waals surface area (Å²) in [5.41, 5.74) is 0. The number of ether oxygens (including phenoxy) is 2. The molecule has 0 saturated carbocycles. The van der Waals surface area contributed by atoms with E-state index < -0.39 is 0 Å². The molecular formula is C34H49FO2. The van der Waals surface area contributed by atoms with Crippen LogP contribution in [0.4, 0.5) is 4.39 Å². The zero-order valence-corrected chi connectivity index (χ0v) is 23.5. The number of fused-ring (bicyclic) bond motifs is 3. The Labute approximate surface area is 224 Å². The van der Waals surface area contributed by atoms with Crippen molar-refractivity contribution in [2.24, 2.45) is 0 Å². The first-order valence-electron chi connectivity index (χ1n) is 15.1. The lowest BCUT2D eigenvalue weighted by molar-refractivity contribution is 0.291. The fourth-order valence-electron chi connectivity index (χ4n) is 5.11. The van der Waals surface area contributed by atoms with Gasteiger partial charge < -0.3 is 9.47 Å². The Balaban J connectivity index is 1.45. The lowest BCUT2D eigenvalue weighted by atomic mass is 10.0. The number of hydrogen-bond donors (Lipinski definition) is 0. The predicted molar refractivity (Wildman–Crippen MR) is 158 cm³/mol. The van der Waals surface area contributed by atoms with Crippen LogP contribution in [0.1, 0.15) is 117 Å². The molecule has 204 valence electrons. The van der Waals surface area contributed by atoms with Crippen molar-refractivity contribution in [3.8, 4) is 11.5 Å². The maximum absolute atomic E-state index is 15.2. The van der Waals surface area contributed by atoms with Crippen LogP contribution >= 0.6 is 0 Å². The van der Waals surface area contributed by atoms with E-state index in [0.29, 0.717) is 17.7 Å². The highest BCUT2D eigenvalue weighted by molar-refractivity contribution is 6.08. The largest absolute Gasteiger partial charge is 0.494 e. The van der Waals surface area contributed by atoms with Crippen molar-refractivity contribution in [1.82, 2.24) is 0 Å². The van der Waals surface area contributed by atoms with Gasteiger partial charge in [-0.25, -0.2) is 4.39 Å². The number of benzene rings is 3. The summed E-state index contributed by atoms with van der Waals surface area (Å²) < 4.78 is 27.1. The number of rotatable bonds is 20. The van der Waals surface area contributed by atoms with Gasteiger partial charge in [0.1, 0.15) is 5.75 Å². The van der Waals surface area contributed by atoms with Crippen LogP contribution in [0.5, 0.6) is 11.5 Å². The van der Waals surface area contributed by atoms with Gasteiger partial charge in [0.05, 0.1) is 13.2 Å². The van der Waals surface area contributed by atoms with Gasteiger partial charge in [0.25, 0.3) is 0 Å². The zero-order valence-electron chi connectivity index (χ0n) is 23.5. The van der Waals surface area contributed by atoms with Gasteiger partial charge >= 0.3 is 0 Å². The van der Waals surface area contributed by atoms with Crippen LogP contribution in [0, 0.1) is 5.82 Å². The molecule has 0 bridgehead atoms. The Kier molecular flexibility index (Phi) is 13.7. The van der Waals surface area contributed by atoms with E-state index >= 15 is 4.39 Å². The standard InChI is InChI=1S/C34H49FO2/c1-3-5-7-9-11-13-15-17-25-36-29-20-22-30-28(27-29)19-21-32-31(30)23-24-33(34(32)35)37-26-18-16-14-12-10-8-6-4-2/h19-24,27H,3-18,25-26H2,1-2H3. The summed E-state index contributed by atoms with van der Waals surface area (Å²) in [4.78, 5) is 0. The number of unbranched alkanes of at least 4 members (excludes halogenated alkanes) is 14. The number of hydrogen-bond acceptors (Lipinski definition) is 2. The first-order valence-corrected chi connectivity index (χ1v) is 15.1. The third kappa shape index (κ3) is 9.83. The second-order valence-corrected chi connectivity index (χ2v) is 10.6. The Morgan fingerprint density at radius 3 is 1.65 bits per heavy atom. The highest BCUT2D eigenvalue weighted by Crippen LogP contribution is 2.33. The predicted octanol–water partition coefficient (Wildman–Crippen LogP) is 11.2. The molecule has 0 atom stereocenters. The maximum Gasteiger partial charge on any atom is 0.172 e. The van der Waals surface area contributed by atoms with E-state index in [2.05, 4.69) is 26.0 Å². The fraction of sp³-hybridized carbons (Fsp3) is 0.588. The van der Waals surface area contributed by atoms with Crippen LogP contribution in [0.2, 0.25) is 0 Å². The van der Waals surface area contributed by atoms with E-state index in [1.54, 1.807) is 6.07 Å². The fourth-order valence-corrected chi connectivity index (χ4v) is 5.11. The van der Waals surface area contributed by atoms with Gasteiger partial charge in [-0.15, -0.1) is 0 Å². The van der Waals surface area contributed by atoms with Crippen LogP contribution in [0.25, 0.3) is 21.5 Å². The van der Waals surface area contributed by atoms with Crippen LogP contribution in [-0.4, -0.2) is 13.2 Å². The highest BCUT2D eigenvalue weighted by atomic mass is 19.1. The van der Waals surface area contributed by atoms with E-state index in [-0.39, 0.29) is 5.82 Å². The van der Waals surface area contributed by atoms with Crippen molar-refractivity contribution in [2.45, 2.75) is 117 Å². The lowest BCUT2D eigenvalue weighted by Crippen LogP contribution is -2.00. The molecule has 0 saturated heterocycles. The summed E-state index contributed by atoms with van der Waals surface area (Å²) >= 11 is 0. The molecule has 0 amide bonds. The molecule has 0 radical (unpaired) electrons. The van der Waals surface area contributed by atoms with E-state index in [0.717, 1.165) is 47.8 Å². The second-order valence-electron chi connectivity index (χ2n) is 10.6. The van der Waals surface area contributed by atoms with Gasteiger partial charge in [-0.05, 0) is 53.3 Å². The topological polar surface area (TPSA) is 18.5 Å². The van der Waals surface area contributed by atoms with Gasteiger partial charge in [-0.3, -0.25) is 0 Å². The normalized spacial score (nSPS) is 11.4. The monoisotopic (exact) mass is 508 g/mol. The summed E-state index contributed by atoms with van der Waals surface area (Å²) in [6.45, 7) is 5.83. The average molecular weight is 509 g/mol. The molecule has 0 unspecified atom stereocenters. The Hall–Kier alpha value is -2.29. The smallest absolute Gasteiger partial charge is 0.172 e. The molecule has 3 heteroatoms. The van der Waals surface area contributed by atoms with Crippen molar-refractivity contribution in [1.29, 1.82) is 0 Å². The van der Waals surface area contributed by atoms with E-state index in [9.17, 15) is 0 Å². The summed E-state index contributed by atoms with van der Waals surface area (Å²) in [7, 11) is 0. The Morgan fingerprint density at radius 1 is 0.514 bits per heavy atom. The molecule has 3 aromatic carbocycles. The molecule has 0 N–H and O–H groups in total. The zero-order chi connectivity index (χ0) is 26.1. The van der Waals surface area contributed by atoms with Crippen molar-refractivity contribution >= 4 is 21.5 Å². The van der Waals surface area contributed by atoms with Gasteiger partial charge in [0.2, 0.25) is 0 Å². The van der Waals surface area contributed by atoms with E-state index in [4.69, 9.17) is 9.47 Å². The molecule has 0 spiro atoms. The maximum atomic E-state index is 15.2. The average Bonchev–Trinajstić information content (AvgIpc) is 2.92. The molecule has 0 aliphatic carbocycles. The summed E-state index contributed by atoms with van der Waals surface area (Å²) in [5.74, 6) is 0.995. The quantitative estimate of drug-likeness (QED) is 0.112. The van der Waals surface area contributed by atoms with Crippen LogP contribution in [0.15, 0.2) is 42.5 Å². The Bertz CT molecular complexity index is 1040. The molecule has 0 aromatic heterocycles. The minimum atomic E-state index is -0.256. The molecule has 0 fully saturated rings. The minimum Gasteiger partial charge on any atom is -0.494 e. The molecule has 3 rings (SSSR count). The van der Waals surface area contributed by atoms with E-state index in [1.165, 1.54) is 83.5 Å². The third-order valence-corrected chi connectivity index (χ3v) is 7.41. The molecule has 2 nitrogen and oxygen atoms in total. The molecule has 3 aromatic rings. The lowest BCUT2D eigenvalue weighted by Gasteiger charge is -2.12. The van der Waals surface area contributed by atoms with Gasteiger partial charge in [0, 0.05) is 5.39 Å². The van der Waals surface area contributed by atoms with Crippen molar-refractivity contribution in [3.05, 3.63) is 48.3 Å². The van der Waals surface area contributed by atoms with Gasteiger partial charge in [0.15, 0.2) is 11.6 Å². The molecule has 0 heterocycles. The molecule has 0 aliphatic rings. The number of halogens is 1. The van der Waals surface area contributed by atoms with Gasteiger partial charge in [-0.2, -0.15) is 0 Å².